The maximum Gasteiger partial charge on any atom is 0.250 e. The van der Waals surface area contributed by atoms with Crippen LogP contribution in [0.1, 0.15) is 11.3 Å². The van der Waals surface area contributed by atoms with Crippen molar-refractivity contribution in [3.05, 3.63) is 54.1 Å². The molecule has 0 atom stereocenters. The molecule has 6 heteroatoms. The summed E-state index contributed by atoms with van der Waals surface area (Å²) in [5, 5.41) is 5.59. The van der Waals surface area contributed by atoms with Gasteiger partial charge < -0.3 is 9.73 Å². The summed E-state index contributed by atoms with van der Waals surface area (Å²) in [6.45, 7) is 1.90. The largest absolute Gasteiger partial charge is 0.465 e. The van der Waals surface area contributed by atoms with E-state index in [4.69, 9.17) is 16.6 Å². The second-order valence-corrected chi connectivity index (χ2v) is 4.37. The highest BCUT2D eigenvalue weighted by Gasteiger charge is 2.04. The lowest BCUT2D eigenvalue weighted by molar-refractivity contribution is -0.115. The Balaban J connectivity index is 1.88. The van der Waals surface area contributed by atoms with Crippen LogP contribution in [0.4, 0.5) is 5.82 Å². The van der Waals surface area contributed by atoms with Crippen molar-refractivity contribution in [3.63, 3.8) is 0 Å². The number of pyridine rings is 1. The minimum absolute atomic E-state index is 0.195. The molecule has 1 amide bonds. The number of aromatic nitrogens is 1. The van der Waals surface area contributed by atoms with Crippen LogP contribution in [0.2, 0.25) is 0 Å². The predicted molar refractivity (Wildman–Crippen MR) is 81.1 cm³/mol. The van der Waals surface area contributed by atoms with Gasteiger partial charge in [0.25, 0.3) is 0 Å². The summed E-state index contributed by atoms with van der Waals surface area (Å²) in [4.78, 5) is 15.8. The van der Waals surface area contributed by atoms with E-state index < -0.39 is 0 Å². The number of anilines is 1. The highest BCUT2D eigenvalue weighted by atomic mass is 32.1. The van der Waals surface area contributed by atoms with Crippen molar-refractivity contribution in [2.45, 2.75) is 6.92 Å². The molecule has 20 heavy (non-hydrogen) atoms. The highest BCUT2D eigenvalue weighted by molar-refractivity contribution is 7.80. The summed E-state index contributed by atoms with van der Waals surface area (Å²) in [6, 6.07) is 7.22. The fourth-order valence-corrected chi connectivity index (χ4v) is 1.65. The fraction of sp³-hybridized carbons (Fsp3) is 0.0714. The number of carbonyl (C=O) groups is 1. The van der Waals surface area contributed by atoms with Crippen LogP contribution in [0, 0.1) is 6.92 Å². The number of thiocarbonyl (C=S) groups is 1. The lowest BCUT2D eigenvalue weighted by atomic mass is 10.3. The molecule has 0 saturated heterocycles. The first kappa shape index (κ1) is 14.0. The number of aryl methyl sites for hydroxylation is 1. The third-order valence-electron chi connectivity index (χ3n) is 2.42. The summed E-state index contributed by atoms with van der Waals surface area (Å²) >= 11 is 5.05. The van der Waals surface area contributed by atoms with Crippen LogP contribution in [0.25, 0.3) is 6.08 Å². The zero-order valence-corrected chi connectivity index (χ0v) is 11.6. The van der Waals surface area contributed by atoms with Gasteiger partial charge in [0.2, 0.25) is 5.91 Å². The molecule has 0 bridgehead atoms. The van der Waals surface area contributed by atoms with Crippen molar-refractivity contribution in [2.24, 2.45) is 0 Å². The van der Waals surface area contributed by atoms with Crippen molar-refractivity contribution in [3.8, 4) is 0 Å². The molecule has 0 radical (unpaired) electrons. The zero-order valence-electron chi connectivity index (χ0n) is 10.8. The molecule has 0 unspecified atom stereocenters. The topological polar surface area (TPSA) is 67.2 Å². The van der Waals surface area contributed by atoms with E-state index in [-0.39, 0.29) is 11.0 Å². The van der Waals surface area contributed by atoms with Crippen molar-refractivity contribution in [1.29, 1.82) is 0 Å². The minimum Gasteiger partial charge on any atom is -0.465 e. The van der Waals surface area contributed by atoms with Crippen LogP contribution in [0.5, 0.6) is 0 Å². The van der Waals surface area contributed by atoms with Gasteiger partial charge in [-0.3, -0.25) is 10.1 Å². The van der Waals surface area contributed by atoms with Gasteiger partial charge in [0.1, 0.15) is 11.6 Å². The molecule has 0 saturated carbocycles. The van der Waals surface area contributed by atoms with Crippen LogP contribution >= 0.6 is 12.2 Å². The van der Waals surface area contributed by atoms with E-state index in [1.165, 1.54) is 12.3 Å². The SMILES string of the molecule is Cc1cccnc1NC(=S)NC(=O)C=Cc1ccco1. The molecule has 2 rings (SSSR count). The van der Waals surface area contributed by atoms with Crippen molar-refractivity contribution in [1.82, 2.24) is 10.3 Å². The number of nitrogens with one attached hydrogen (secondary N) is 2. The molecule has 2 N–H and O–H groups in total. The third kappa shape index (κ3) is 4.03. The summed E-state index contributed by atoms with van der Waals surface area (Å²) in [7, 11) is 0. The van der Waals surface area contributed by atoms with Gasteiger partial charge in [0.15, 0.2) is 5.11 Å². The van der Waals surface area contributed by atoms with Crippen molar-refractivity contribution >= 4 is 35.1 Å². The summed E-state index contributed by atoms with van der Waals surface area (Å²) < 4.78 is 5.07. The fourth-order valence-electron chi connectivity index (χ4n) is 1.45. The van der Waals surface area contributed by atoms with Crippen molar-refractivity contribution in [2.75, 3.05) is 5.32 Å². The van der Waals surface area contributed by atoms with Crippen LogP contribution in [-0.4, -0.2) is 16.0 Å². The molecule has 0 aliphatic rings. The molecule has 0 aliphatic heterocycles. The van der Waals surface area contributed by atoms with Gasteiger partial charge in [0, 0.05) is 12.3 Å². The zero-order chi connectivity index (χ0) is 14.4. The maximum atomic E-state index is 11.6. The molecule has 0 fully saturated rings. The van der Waals surface area contributed by atoms with Gasteiger partial charge in [0.05, 0.1) is 6.26 Å². The lowest BCUT2D eigenvalue weighted by Gasteiger charge is -2.08. The number of rotatable bonds is 3. The number of carbonyl (C=O) groups excluding carboxylic acids is 1. The van der Waals surface area contributed by atoms with Gasteiger partial charge in [-0.05, 0) is 49.0 Å². The quantitative estimate of drug-likeness (QED) is 0.670. The van der Waals surface area contributed by atoms with E-state index in [0.29, 0.717) is 11.6 Å². The second kappa shape index (κ2) is 6.63. The molecular weight excluding hydrogens is 274 g/mol. The third-order valence-corrected chi connectivity index (χ3v) is 2.62. The molecule has 2 aromatic rings. The molecule has 0 spiro atoms. The normalized spacial score (nSPS) is 10.4. The Morgan fingerprint density at radius 3 is 2.95 bits per heavy atom. The Morgan fingerprint density at radius 1 is 1.40 bits per heavy atom. The Morgan fingerprint density at radius 2 is 2.25 bits per heavy atom. The van der Waals surface area contributed by atoms with Gasteiger partial charge >= 0.3 is 0 Å². The first-order chi connectivity index (χ1) is 9.65. The van der Waals surface area contributed by atoms with E-state index >= 15 is 0 Å². The first-order valence-electron chi connectivity index (χ1n) is 5.90. The van der Waals surface area contributed by atoms with Gasteiger partial charge in [-0.25, -0.2) is 4.98 Å². The van der Waals surface area contributed by atoms with E-state index in [0.717, 1.165) is 5.56 Å². The average Bonchev–Trinajstić information content (AvgIpc) is 2.92. The maximum absolute atomic E-state index is 11.6. The number of nitrogens with zero attached hydrogens (tertiary/aromatic N) is 1. The number of hydrogen-bond donors (Lipinski definition) is 2. The number of amides is 1. The molecular formula is C14H13N3O2S. The molecule has 0 aromatic carbocycles. The molecule has 2 heterocycles. The Labute approximate surface area is 121 Å². The highest BCUT2D eigenvalue weighted by Crippen LogP contribution is 2.08. The molecule has 0 aliphatic carbocycles. The van der Waals surface area contributed by atoms with E-state index in [2.05, 4.69) is 15.6 Å². The van der Waals surface area contributed by atoms with E-state index in [1.54, 1.807) is 24.4 Å². The van der Waals surface area contributed by atoms with Gasteiger partial charge in [-0.2, -0.15) is 0 Å². The molecule has 2 aromatic heterocycles. The van der Waals surface area contributed by atoms with Crippen LogP contribution in [0.15, 0.2) is 47.2 Å². The molecule has 5 nitrogen and oxygen atoms in total. The monoisotopic (exact) mass is 287 g/mol. The number of furan rings is 1. The van der Waals surface area contributed by atoms with E-state index in [1.807, 2.05) is 19.1 Å². The standard InChI is InChI=1S/C14H13N3O2S/c1-10-4-2-8-15-13(10)17-14(20)16-12(18)7-6-11-5-3-9-19-11/h2-9H,1H3,(H2,15,16,17,18,20). The average molecular weight is 287 g/mol. The smallest absolute Gasteiger partial charge is 0.250 e. The van der Waals surface area contributed by atoms with Crippen LogP contribution in [-0.2, 0) is 4.79 Å². The first-order valence-corrected chi connectivity index (χ1v) is 6.31. The minimum atomic E-state index is -0.340. The summed E-state index contributed by atoms with van der Waals surface area (Å²) in [5.74, 6) is 0.875. The summed E-state index contributed by atoms with van der Waals surface area (Å²) in [6.07, 6.45) is 6.09. The second-order valence-electron chi connectivity index (χ2n) is 3.96. The van der Waals surface area contributed by atoms with Gasteiger partial charge in [-0.1, -0.05) is 6.07 Å². The molecule has 102 valence electrons. The predicted octanol–water partition coefficient (Wildman–Crippen LogP) is 2.51. The lowest BCUT2D eigenvalue weighted by Crippen LogP contribution is -2.33. The Bertz CT molecular complexity index is 636. The van der Waals surface area contributed by atoms with Crippen molar-refractivity contribution < 1.29 is 9.21 Å². The van der Waals surface area contributed by atoms with Crippen LogP contribution < -0.4 is 10.6 Å². The van der Waals surface area contributed by atoms with E-state index in [9.17, 15) is 4.79 Å². The van der Waals surface area contributed by atoms with Crippen LogP contribution in [0.3, 0.4) is 0 Å². The number of hydrogen-bond acceptors (Lipinski definition) is 4. The Kier molecular flexibility index (Phi) is 4.62. The summed E-state index contributed by atoms with van der Waals surface area (Å²) in [5.41, 5.74) is 0.940. The van der Waals surface area contributed by atoms with Gasteiger partial charge in [-0.15, -0.1) is 0 Å². The Hall–Kier alpha value is -2.47.